The first-order valence-electron chi connectivity index (χ1n) is 7.50. The summed E-state index contributed by atoms with van der Waals surface area (Å²) in [7, 11) is -1.32. The molecule has 0 aromatic carbocycles. The zero-order valence-corrected chi connectivity index (χ0v) is 13.1. The molecule has 0 radical (unpaired) electrons. The van der Waals surface area contributed by atoms with Crippen molar-refractivity contribution in [2.24, 2.45) is 11.3 Å². The quantitative estimate of drug-likeness (QED) is 0.472. The molecule has 100 valence electrons. The van der Waals surface area contributed by atoms with Crippen LogP contribution in [0.1, 0.15) is 51.4 Å². The molecule has 0 heterocycles. The van der Waals surface area contributed by atoms with Crippen molar-refractivity contribution >= 4 is 13.9 Å². The van der Waals surface area contributed by atoms with E-state index in [1.54, 1.807) is 0 Å². The van der Waals surface area contributed by atoms with Crippen LogP contribution >= 0.6 is 0 Å². The zero-order chi connectivity index (χ0) is 13.2. The van der Waals surface area contributed by atoms with E-state index in [0.29, 0.717) is 11.7 Å². The van der Waals surface area contributed by atoms with Gasteiger partial charge in [0.15, 0.2) is 0 Å². The molecule has 0 unspecified atom stereocenters. The minimum Gasteiger partial charge on any atom is -0.299 e. The van der Waals surface area contributed by atoms with Gasteiger partial charge in [-0.1, -0.05) is 38.9 Å². The molecule has 0 N–H and O–H groups in total. The lowest BCUT2D eigenvalue weighted by Gasteiger charge is -2.43. The van der Waals surface area contributed by atoms with Crippen LogP contribution in [0, 0.1) is 22.8 Å². The summed E-state index contributed by atoms with van der Waals surface area (Å²) in [6.07, 6.45) is 9.02. The third kappa shape index (κ3) is 2.88. The van der Waals surface area contributed by atoms with Gasteiger partial charge in [-0.2, -0.15) is 0 Å². The van der Waals surface area contributed by atoms with Crippen LogP contribution < -0.4 is 0 Å². The molecule has 0 aromatic rings. The van der Waals surface area contributed by atoms with E-state index < -0.39 is 8.07 Å². The Labute approximate surface area is 113 Å². The minimum atomic E-state index is -1.32. The second-order valence-electron chi connectivity index (χ2n) is 7.10. The molecule has 2 heteroatoms. The lowest BCUT2D eigenvalue weighted by Crippen LogP contribution is -2.43. The Balaban J connectivity index is 2.24. The van der Waals surface area contributed by atoms with Crippen LogP contribution in [0.3, 0.4) is 0 Å². The lowest BCUT2D eigenvalue weighted by molar-refractivity contribution is -0.135. The largest absolute Gasteiger partial charge is 0.299 e. The summed E-state index contributed by atoms with van der Waals surface area (Å²) < 4.78 is 0. The highest BCUT2D eigenvalue weighted by molar-refractivity contribution is 6.83. The Kier molecular flexibility index (Phi) is 4.01. The molecule has 2 rings (SSSR count). The van der Waals surface area contributed by atoms with E-state index >= 15 is 0 Å². The average Bonchev–Trinajstić information content (AvgIpc) is 2.31. The number of rotatable bonds is 0. The highest BCUT2D eigenvalue weighted by atomic mass is 28.3. The van der Waals surface area contributed by atoms with Gasteiger partial charge in [-0.15, -0.1) is 11.5 Å². The van der Waals surface area contributed by atoms with Crippen molar-refractivity contribution in [3.05, 3.63) is 0 Å². The smallest absolute Gasteiger partial charge is 0.140 e. The highest BCUT2D eigenvalue weighted by Crippen LogP contribution is 2.48. The van der Waals surface area contributed by atoms with Crippen molar-refractivity contribution < 1.29 is 4.79 Å². The minimum absolute atomic E-state index is 0.0385. The van der Waals surface area contributed by atoms with E-state index in [4.69, 9.17) is 0 Å². The molecule has 0 aliphatic heterocycles. The summed E-state index contributed by atoms with van der Waals surface area (Å²) in [4.78, 5) is 12.4. The maximum Gasteiger partial charge on any atom is 0.140 e. The van der Waals surface area contributed by atoms with Gasteiger partial charge in [-0.05, 0) is 25.7 Å². The molecular weight excluding hydrogens is 236 g/mol. The van der Waals surface area contributed by atoms with Crippen molar-refractivity contribution in [1.29, 1.82) is 0 Å². The molecule has 1 nitrogen and oxygen atoms in total. The van der Waals surface area contributed by atoms with E-state index in [2.05, 4.69) is 31.1 Å². The molecule has 0 amide bonds. The van der Waals surface area contributed by atoms with Crippen LogP contribution in [0.15, 0.2) is 0 Å². The Hall–Kier alpha value is -0.553. The van der Waals surface area contributed by atoms with Gasteiger partial charge in [0, 0.05) is 17.8 Å². The highest BCUT2D eigenvalue weighted by Gasteiger charge is 2.46. The molecule has 1 spiro atoms. The summed E-state index contributed by atoms with van der Waals surface area (Å²) >= 11 is 0. The summed E-state index contributed by atoms with van der Waals surface area (Å²) in [5, 5.41) is 0. The first-order valence-corrected chi connectivity index (χ1v) is 11.0. The van der Waals surface area contributed by atoms with E-state index in [1.165, 1.54) is 19.3 Å². The van der Waals surface area contributed by atoms with Gasteiger partial charge in [0.1, 0.15) is 13.9 Å². The number of carbonyl (C=O) groups excluding carboxylic acids is 1. The first kappa shape index (κ1) is 13.9. The molecule has 0 bridgehead atoms. The normalized spacial score (nSPS) is 27.7. The molecule has 0 saturated heterocycles. The maximum absolute atomic E-state index is 12.4. The fourth-order valence-electron chi connectivity index (χ4n) is 3.51. The first-order chi connectivity index (χ1) is 8.44. The monoisotopic (exact) mass is 262 g/mol. The van der Waals surface area contributed by atoms with Gasteiger partial charge in [-0.25, -0.2) is 0 Å². The summed E-state index contributed by atoms with van der Waals surface area (Å²) in [5.41, 5.74) is 3.48. The Morgan fingerprint density at radius 3 is 2.39 bits per heavy atom. The molecule has 18 heavy (non-hydrogen) atoms. The Morgan fingerprint density at radius 2 is 1.78 bits per heavy atom. The standard InChI is InChI=1S/C16H26OSi/c1-18(2,3)13-10-14-8-7-9-15(17)16(14)11-5-4-6-12-16/h14H,4-9,11-12H2,1-3H3/t14-/m1/s1. The number of ketones is 1. The number of hydrogen-bond donors (Lipinski definition) is 0. The van der Waals surface area contributed by atoms with Crippen molar-refractivity contribution in [2.45, 2.75) is 71.0 Å². The van der Waals surface area contributed by atoms with E-state index in [1.807, 2.05) is 0 Å². The van der Waals surface area contributed by atoms with Crippen LogP contribution in [0.25, 0.3) is 0 Å². The Morgan fingerprint density at radius 1 is 1.11 bits per heavy atom. The van der Waals surface area contributed by atoms with Gasteiger partial charge in [0.25, 0.3) is 0 Å². The van der Waals surface area contributed by atoms with Gasteiger partial charge >= 0.3 is 0 Å². The lowest BCUT2D eigenvalue weighted by atomic mass is 9.59. The SMILES string of the molecule is C[Si](C)(C)C#C[C@H]1CCCC(=O)C12CCCCC2. The maximum atomic E-state index is 12.4. The van der Waals surface area contributed by atoms with E-state index in [9.17, 15) is 4.79 Å². The molecule has 2 aliphatic carbocycles. The van der Waals surface area contributed by atoms with Gasteiger partial charge in [0.2, 0.25) is 0 Å². The van der Waals surface area contributed by atoms with Crippen molar-refractivity contribution in [2.75, 3.05) is 0 Å². The summed E-state index contributed by atoms with van der Waals surface area (Å²) in [6, 6.07) is 0. The average molecular weight is 262 g/mol. The van der Waals surface area contributed by atoms with Crippen LogP contribution in [-0.4, -0.2) is 13.9 Å². The predicted octanol–water partition coefficient (Wildman–Crippen LogP) is 4.19. The topological polar surface area (TPSA) is 17.1 Å². The Bertz CT molecular complexity index is 374. The molecule has 2 aliphatic rings. The zero-order valence-electron chi connectivity index (χ0n) is 12.1. The van der Waals surface area contributed by atoms with Crippen LogP contribution in [-0.2, 0) is 4.79 Å². The van der Waals surface area contributed by atoms with Crippen molar-refractivity contribution in [1.82, 2.24) is 0 Å². The van der Waals surface area contributed by atoms with Crippen molar-refractivity contribution in [3.8, 4) is 11.5 Å². The van der Waals surface area contributed by atoms with Crippen molar-refractivity contribution in [3.63, 3.8) is 0 Å². The third-order valence-corrected chi connectivity index (χ3v) is 5.38. The molecule has 0 aromatic heterocycles. The predicted molar refractivity (Wildman–Crippen MR) is 79.0 cm³/mol. The second kappa shape index (κ2) is 5.21. The fraction of sp³-hybridized carbons (Fsp3) is 0.812. The van der Waals surface area contributed by atoms with Gasteiger partial charge in [0.05, 0.1) is 0 Å². The summed E-state index contributed by atoms with van der Waals surface area (Å²) in [6.45, 7) is 6.87. The third-order valence-electron chi connectivity index (χ3n) is 4.49. The molecule has 1 atom stereocenters. The number of hydrogen-bond acceptors (Lipinski definition) is 1. The molecule has 2 saturated carbocycles. The number of carbonyl (C=O) groups is 1. The van der Waals surface area contributed by atoms with E-state index in [0.717, 1.165) is 32.1 Å². The fourth-order valence-corrected chi connectivity index (χ4v) is 4.12. The summed E-state index contributed by atoms with van der Waals surface area (Å²) in [5.74, 6) is 4.44. The van der Waals surface area contributed by atoms with E-state index in [-0.39, 0.29) is 5.41 Å². The van der Waals surface area contributed by atoms with Gasteiger partial charge in [-0.3, -0.25) is 4.79 Å². The molecule has 2 fully saturated rings. The van der Waals surface area contributed by atoms with Crippen LogP contribution in [0.5, 0.6) is 0 Å². The van der Waals surface area contributed by atoms with Crippen LogP contribution in [0.2, 0.25) is 19.6 Å². The van der Waals surface area contributed by atoms with Crippen LogP contribution in [0.4, 0.5) is 0 Å². The second-order valence-corrected chi connectivity index (χ2v) is 11.9. The molecular formula is C16H26OSi. The van der Waals surface area contributed by atoms with Gasteiger partial charge < -0.3 is 0 Å². The number of Topliss-reactive ketones (excluding diaryl/α,β-unsaturated/α-hetero) is 1.